The minimum atomic E-state index is 0.560. The van der Waals surface area contributed by atoms with E-state index in [2.05, 4.69) is 150 Å². The first-order valence-electron chi connectivity index (χ1n) is 15.8. The number of rotatable bonds is 4. The van der Waals surface area contributed by atoms with Crippen molar-refractivity contribution in [1.29, 1.82) is 0 Å². The summed E-state index contributed by atoms with van der Waals surface area (Å²) in [7, 11) is 0. The zero-order valence-electron chi connectivity index (χ0n) is 25.2. The molecule has 6 aromatic carbocycles. The van der Waals surface area contributed by atoms with E-state index >= 15 is 0 Å². The van der Waals surface area contributed by atoms with Gasteiger partial charge in [-0.2, -0.15) is 0 Å². The second-order valence-corrected chi connectivity index (χ2v) is 11.9. The molecule has 9 rings (SSSR count). The Labute approximate surface area is 268 Å². The Morgan fingerprint density at radius 3 is 1.67 bits per heavy atom. The number of ether oxygens (including phenoxy) is 1. The van der Waals surface area contributed by atoms with E-state index in [1.54, 1.807) is 0 Å². The standard InChI is InChI=1S/C43H30N2O/c1-3-11-29(12-4-1)40-24-33(25-41(44-40)30-13-5-2-6-14-30)31-20-22-36-34(23-31)28-46-27-32-19-21-35(26-39(32)36)45-42-17-9-7-15-37(42)38-16-8-10-18-43(38)45/h1-26H,27-28H2. The van der Waals surface area contributed by atoms with Gasteiger partial charge in [0.15, 0.2) is 0 Å². The lowest BCUT2D eigenvalue weighted by atomic mass is 9.92. The van der Waals surface area contributed by atoms with Crippen LogP contribution in [0.3, 0.4) is 0 Å². The molecule has 218 valence electrons. The second-order valence-electron chi connectivity index (χ2n) is 11.9. The Bertz CT molecular complexity index is 2280. The molecule has 1 aliphatic rings. The summed E-state index contributed by atoms with van der Waals surface area (Å²) >= 11 is 0. The summed E-state index contributed by atoms with van der Waals surface area (Å²) in [5.41, 5.74) is 14.8. The average Bonchev–Trinajstić information content (AvgIpc) is 3.35. The molecule has 1 aliphatic heterocycles. The van der Waals surface area contributed by atoms with Crippen LogP contribution in [0.15, 0.2) is 158 Å². The molecule has 3 nitrogen and oxygen atoms in total. The topological polar surface area (TPSA) is 27.1 Å². The first kappa shape index (κ1) is 26.6. The molecule has 0 aliphatic carbocycles. The fourth-order valence-corrected chi connectivity index (χ4v) is 6.92. The van der Waals surface area contributed by atoms with Gasteiger partial charge in [-0.3, -0.25) is 0 Å². The molecule has 0 amide bonds. The number of aromatic nitrogens is 2. The van der Waals surface area contributed by atoms with Crippen molar-refractivity contribution < 1.29 is 4.74 Å². The van der Waals surface area contributed by atoms with Crippen LogP contribution in [0.4, 0.5) is 0 Å². The van der Waals surface area contributed by atoms with Crippen molar-refractivity contribution in [3.63, 3.8) is 0 Å². The Balaban J connectivity index is 1.18. The molecular weight excluding hydrogens is 560 g/mol. The maximum atomic E-state index is 6.28. The van der Waals surface area contributed by atoms with Gasteiger partial charge >= 0.3 is 0 Å². The SMILES string of the molecule is c1ccc(-c2cc(-c3ccc4c(c3)COCc3ccc(-n5c6ccccc6c6ccccc65)cc3-4)cc(-c3ccccc3)n2)cc1. The zero-order valence-corrected chi connectivity index (χ0v) is 25.2. The number of benzene rings is 6. The van der Waals surface area contributed by atoms with E-state index in [-0.39, 0.29) is 0 Å². The van der Waals surface area contributed by atoms with Crippen molar-refractivity contribution in [2.45, 2.75) is 13.2 Å². The van der Waals surface area contributed by atoms with Gasteiger partial charge in [0.1, 0.15) is 0 Å². The van der Waals surface area contributed by atoms with E-state index in [1.807, 2.05) is 12.1 Å². The average molecular weight is 591 g/mol. The summed E-state index contributed by atoms with van der Waals surface area (Å²) in [6.45, 7) is 1.14. The maximum absolute atomic E-state index is 6.28. The number of fused-ring (bicyclic) bond motifs is 6. The lowest BCUT2D eigenvalue weighted by Gasteiger charge is -2.15. The third-order valence-corrected chi connectivity index (χ3v) is 9.14. The van der Waals surface area contributed by atoms with Crippen molar-refractivity contribution in [3.05, 3.63) is 169 Å². The predicted octanol–water partition coefficient (Wildman–Crippen LogP) is 10.9. The third-order valence-electron chi connectivity index (χ3n) is 9.14. The predicted molar refractivity (Wildman–Crippen MR) is 189 cm³/mol. The number of hydrogen-bond donors (Lipinski definition) is 0. The summed E-state index contributed by atoms with van der Waals surface area (Å²) in [6.07, 6.45) is 0. The van der Waals surface area contributed by atoms with Crippen LogP contribution in [-0.4, -0.2) is 9.55 Å². The van der Waals surface area contributed by atoms with E-state index < -0.39 is 0 Å². The van der Waals surface area contributed by atoms with E-state index in [9.17, 15) is 0 Å². The third kappa shape index (κ3) is 4.52. The van der Waals surface area contributed by atoms with Crippen LogP contribution in [0.2, 0.25) is 0 Å². The van der Waals surface area contributed by atoms with Crippen LogP contribution >= 0.6 is 0 Å². The highest BCUT2D eigenvalue weighted by Gasteiger charge is 2.19. The van der Waals surface area contributed by atoms with Crippen molar-refractivity contribution in [2.75, 3.05) is 0 Å². The van der Waals surface area contributed by atoms with E-state index in [1.165, 1.54) is 44.1 Å². The van der Waals surface area contributed by atoms with Crippen LogP contribution in [0.5, 0.6) is 0 Å². The molecule has 3 heterocycles. The Hall–Kier alpha value is -5.77. The van der Waals surface area contributed by atoms with Gasteiger partial charge in [-0.15, -0.1) is 0 Å². The minimum Gasteiger partial charge on any atom is -0.372 e. The highest BCUT2D eigenvalue weighted by Crippen LogP contribution is 2.39. The molecule has 3 heteroatoms. The Morgan fingerprint density at radius 1 is 0.435 bits per heavy atom. The molecule has 0 bridgehead atoms. The molecular formula is C43H30N2O. The summed E-state index contributed by atoms with van der Waals surface area (Å²) in [6, 6.07) is 56.2. The Kier molecular flexibility index (Phi) is 6.36. The molecule has 2 aromatic heterocycles. The lowest BCUT2D eigenvalue weighted by molar-refractivity contribution is 0.110. The van der Waals surface area contributed by atoms with Gasteiger partial charge in [0.25, 0.3) is 0 Å². The normalized spacial score (nSPS) is 12.5. The van der Waals surface area contributed by atoms with Crippen LogP contribution < -0.4 is 0 Å². The highest BCUT2D eigenvalue weighted by molar-refractivity contribution is 6.09. The minimum absolute atomic E-state index is 0.560. The van der Waals surface area contributed by atoms with Crippen LogP contribution in [0.1, 0.15) is 11.1 Å². The zero-order chi connectivity index (χ0) is 30.5. The molecule has 0 N–H and O–H groups in total. The first-order valence-corrected chi connectivity index (χ1v) is 15.8. The molecule has 0 fully saturated rings. The molecule has 0 radical (unpaired) electrons. The molecule has 0 saturated heterocycles. The van der Waals surface area contributed by atoms with Gasteiger partial charge in [0.05, 0.1) is 35.6 Å². The van der Waals surface area contributed by atoms with Crippen molar-refractivity contribution in [3.8, 4) is 50.5 Å². The first-order chi connectivity index (χ1) is 22.8. The summed E-state index contributed by atoms with van der Waals surface area (Å²) in [4.78, 5) is 5.08. The van der Waals surface area contributed by atoms with Gasteiger partial charge in [-0.05, 0) is 75.8 Å². The molecule has 0 unspecified atom stereocenters. The number of hydrogen-bond acceptors (Lipinski definition) is 2. The number of nitrogens with zero attached hydrogens (tertiary/aromatic N) is 2. The van der Waals surface area contributed by atoms with Gasteiger partial charge in [-0.25, -0.2) is 4.98 Å². The van der Waals surface area contributed by atoms with Crippen LogP contribution in [0, 0.1) is 0 Å². The van der Waals surface area contributed by atoms with E-state index in [4.69, 9.17) is 9.72 Å². The van der Waals surface area contributed by atoms with Crippen LogP contribution in [0.25, 0.3) is 72.3 Å². The van der Waals surface area contributed by atoms with E-state index in [0.29, 0.717) is 13.2 Å². The number of pyridine rings is 1. The molecule has 46 heavy (non-hydrogen) atoms. The largest absolute Gasteiger partial charge is 0.372 e. The lowest BCUT2D eigenvalue weighted by Crippen LogP contribution is -1.97. The molecule has 0 spiro atoms. The van der Waals surface area contributed by atoms with Gasteiger partial charge in [-0.1, -0.05) is 115 Å². The van der Waals surface area contributed by atoms with E-state index in [0.717, 1.165) is 39.3 Å². The summed E-state index contributed by atoms with van der Waals surface area (Å²) in [5.74, 6) is 0. The van der Waals surface area contributed by atoms with Crippen molar-refractivity contribution in [1.82, 2.24) is 9.55 Å². The fourth-order valence-electron chi connectivity index (χ4n) is 6.92. The van der Waals surface area contributed by atoms with Crippen molar-refractivity contribution in [2.24, 2.45) is 0 Å². The van der Waals surface area contributed by atoms with Crippen molar-refractivity contribution >= 4 is 21.8 Å². The van der Waals surface area contributed by atoms with Gasteiger partial charge in [0, 0.05) is 27.6 Å². The molecule has 0 atom stereocenters. The quantitative estimate of drug-likeness (QED) is 0.204. The second kappa shape index (κ2) is 11.0. The maximum Gasteiger partial charge on any atom is 0.0727 e. The molecule has 8 aromatic rings. The summed E-state index contributed by atoms with van der Waals surface area (Å²) in [5, 5.41) is 2.53. The van der Waals surface area contributed by atoms with Crippen LogP contribution in [-0.2, 0) is 18.0 Å². The smallest absolute Gasteiger partial charge is 0.0727 e. The fraction of sp³-hybridized carbons (Fsp3) is 0.0465. The number of para-hydroxylation sites is 2. The van der Waals surface area contributed by atoms with Gasteiger partial charge < -0.3 is 9.30 Å². The highest BCUT2D eigenvalue weighted by atomic mass is 16.5. The Morgan fingerprint density at radius 2 is 1.02 bits per heavy atom. The van der Waals surface area contributed by atoms with Gasteiger partial charge in [0.2, 0.25) is 0 Å². The molecule has 0 saturated carbocycles. The summed E-state index contributed by atoms with van der Waals surface area (Å²) < 4.78 is 8.66. The monoisotopic (exact) mass is 590 g/mol.